The van der Waals surface area contributed by atoms with Gasteiger partial charge in [0, 0.05) is 17.5 Å². The molecule has 0 aliphatic rings. The standard InChI is InChI=1S/C26H25ClFN3O5S2/c1-2-38(34,35)31-13-3-4-14-37(32,33)20-8-5-7-18(15-20)36-19-11-12-24(28)22(16-19)25-21-9-6-10-23(27)26(21)30-17-29-25/h5-12,15-17,31H,2-4,13-14H2,1H3. The van der Waals surface area contributed by atoms with E-state index in [2.05, 4.69) is 14.7 Å². The summed E-state index contributed by atoms with van der Waals surface area (Å²) < 4.78 is 71.7. The monoisotopic (exact) mass is 577 g/mol. The molecule has 1 N–H and O–H groups in total. The highest BCUT2D eigenvalue weighted by molar-refractivity contribution is 7.91. The van der Waals surface area contributed by atoms with Gasteiger partial charge in [0.1, 0.15) is 23.6 Å². The van der Waals surface area contributed by atoms with Gasteiger partial charge in [-0.1, -0.05) is 29.8 Å². The van der Waals surface area contributed by atoms with Crippen LogP contribution in [0.4, 0.5) is 4.39 Å². The first-order valence-electron chi connectivity index (χ1n) is 11.8. The van der Waals surface area contributed by atoms with E-state index in [4.69, 9.17) is 16.3 Å². The van der Waals surface area contributed by atoms with Crippen LogP contribution in [0.5, 0.6) is 11.5 Å². The summed E-state index contributed by atoms with van der Waals surface area (Å²) in [6.45, 7) is 1.71. The molecule has 0 saturated heterocycles. The SMILES string of the molecule is CCS(=O)(=O)NCCCCS(=O)(=O)c1cccc(Oc2ccc(F)c(-c3ncnc4c(Cl)cccc34)c2)c1. The summed E-state index contributed by atoms with van der Waals surface area (Å²) in [7, 11) is -6.94. The van der Waals surface area contributed by atoms with Crippen molar-refractivity contribution in [3.8, 4) is 22.8 Å². The molecule has 38 heavy (non-hydrogen) atoms. The van der Waals surface area contributed by atoms with Gasteiger partial charge in [-0.3, -0.25) is 0 Å². The summed E-state index contributed by atoms with van der Waals surface area (Å²) in [5.74, 6) is -0.149. The largest absolute Gasteiger partial charge is 0.457 e. The van der Waals surface area contributed by atoms with Crippen LogP contribution in [-0.2, 0) is 19.9 Å². The lowest BCUT2D eigenvalue weighted by Gasteiger charge is -2.11. The van der Waals surface area contributed by atoms with Crippen molar-refractivity contribution in [1.29, 1.82) is 0 Å². The molecule has 1 heterocycles. The number of ether oxygens (including phenoxy) is 1. The zero-order valence-electron chi connectivity index (χ0n) is 20.4. The molecule has 0 radical (unpaired) electrons. The van der Waals surface area contributed by atoms with Crippen molar-refractivity contribution >= 4 is 42.4 Å². The van der Waals surface area contributed by atoms with E-state index in [-0.39, 0.29) is 46.4 Å². The fourth-order valence-corrected chi connectivity index (χ4v) is 6.03. The lowest BCUT2D eigenvalue weighted by Crippen LogP contribution is -2.26. The van der Waals surface area contributed by atoms with Crippen LogP contribution in [0.15, 0.2) is 71.9 Å². The smallest absolute Gasteiger partial charge is 0.211 e. The minimum Gasteiger partial charge on any atom is -0.457 e. The predicted octanol–water partition coefficient (Wildman–Crippen LogP) is 5.37. The Hall–Kier alpha value is -3.12. The Balaban J connectivity index is 1.51. The zero-order valence-corrected chi connectivity index (χ0v) is 22.8. The number of hydrogen-bond acceptors (Lipinski definition) is 7. The number of nitrogens with one attached hydrogen (secondary N) is 1. The van der Waals surface area contributed by atoms with Crippen LogP contribution in [0, 0.1) is 5.82 Å². The molecule has 4 aromatic rings. The summed E-state index contributed by atoms with van der Waals surface area (Å²) >= 11 is 6.23. The van der Waals surface area contributed by atoms with E-state index in [9.17, 15) is 21.2 Å². The molecule has 200 valence electrons. The van der Waals surface area contributed by atoms with Gasteiger partial charge in [0.05, 0.1) is 32.6 Å². The van der Waals surface area contributed by atoms with Crippen molar-refractivity contribution in [3.05, 3.63) is 77.8 Å². The van der Waals surface area contributed by atoms with E-state index in [1.54, 1.807) is 30.3 Å². The fourth-order valence-electron chi connectivity index (χ4n) is 3.75. The molecule has 1 aromatic heterocycles. The Labute approximate surface area is 225 Å². The van der Waals surface area contributed by atoms with Gasteiger partial charge in [0.25, 0.3) is 0 Å². The van der Waals surface area contributed by atoms with Crippen molar-refractivity contribution < 1.29 is 26.0 Å². The third-order valence-corrected chi connectivity index (χ3v) is 9.26. The molecule has 0 bridgehead atoms. The number of nitrogens with zero attached hydrogens (tertiary/aromatic N) is 2. The summed E-state index contributed by atoms with van der Waals surface area (Å²) in [4.78, 5) is 8.50. The van der Waals surface area contributed by atoms with Gasteiger partial charge in [-0.25, -0.2) is 35.9 Å². The van der Waals surface area contributed by atoms with E-state index in [1.165, 1.54) is 43.6 Å². The summed E-state index contributed by atoms with van der Waals surface area (Å²) in [6.07, 6.45) is 1.98. The molecule has 0 amide bonds. The lowest BCUT2D eigenvalue weighted by atomic mass is 10.1. The highest BCUT2D eigenvalue weighted by Crippen LogP contribution is 2.34. The van der Waals surface area contributed by atoms with Gasteiger partial charge in [-0.15, -0.1) is 0 Å². The summed E-state index contributed by atoms with van der Waals surface area (Å²) in [5.41, 5.74) is 1.02. The minimum absolute atomic E-state index is 0.0301. The Morgan fingerprint density at radius 3 is 2.50 bits per heavy atom. The molecule has 0 spiro atoms. The third kappa shape index (κ3) is 6.65. The van der Waals surface area contributed by atoms with E-state index in [0.29, 0.717) is 28.0 Å². The second-order valence-corrected chi connectivity index (χ2v) is 13.0. The molecule has 0 fully saturated rings. The number of fused-ring (bicyclic) bond motifs is 1. The van der Waals surface area contributed by atoms with Crippen LogP contribution in [0.25, 0.3) is 22.2 Å². The number of halogens is 2. The third-order valence-electron chi connectivity index (χ3n) is 5.75. The quantitative estimate of drug-likeness (QED) is 0.238. The van der Waals surface area contributed by atoms with Crippen LogP contribution < -0.4 is 9.46 Å². The molecule has 8 nitrogen and oxygen atoms in total. The number of sulfone groups is 1. The molecule has 0 atom stereocenters. The van der Waals surface area contributed by atoms with Gasteiger partial charge >= 0.3 is 0 Å². The molecule has 0 aliphatic carbocycles. The second kappa shape index (κ2) is 11.7. The maximum atomic E-state index is 14.8. The van der Waals surface area contributed by atoms with Gasteiger partial charge in [-0.2, -0.15) is 0 Å². The topological polar surface area (TPSA) is 115 Å². The van der Waals surface area contributed by atoms with E-state index < -0.39 is 25.7 Å². The number of para-hydroxylation sites is 1. The fraction of sp³-hybridized carbons (Fsp3) is 0.231. The van der Waals surface area contributed by atoms with Crippen LogP contribution in [0.2, 0.25) is 5.02 Å². The molecular formula is C26H25ClFN3O5S2. The van der Waals surface area contributed by atoms with Crippen molar-refractivity contribution in [2.75, 3.05) is 18.1 Å². The van der Waals surface area contributed by atoms with Crippen LogP contribution in [0.1, 0.15) is 19.8 Å². The Morgan fingerprint density at radius 1 is 0.947 bits per heavy atom. The molecule has 3 aromatic carbocycles. The van der Waals surface area contributed by atoms with Crippen LogP contribution >= 0.6 is 11.6 Å². The number of aromatic nitrogens is 2. The number of unbranched alkanes of at least 4 members (excludes halogenated alkanes) is 1. The van der Waals surface area contributed by atoms with Gasteiger partial charge in [0.2, 0.25) is 10.0 Å². The molecule has 0 saturated carbocycles. The molecule has 12 heteroatoms. The number of rotatable bonds is 11. The molecule has 0 unspecified atom stereocenters. The van der Waals surface area contributed by atoms with Crippen molar-refractivity contribution in [2.24, 2.45) is 0 Å². The van der Waals surface area contributed by atoms with Gasteiger partial charge < -0.3 is 4.74 Å². The Kier molecular flexibility index (Phi) is 8.61. The molecule has 4 rings (SSSR count). The van der Waals surface area contributed by atoms with E-state index >= 15 is 0 Å². The average Bonchev–Trinajstić information content (AvgIpc) is 2.90. The Morgan fingerprint density at radius 2 is 1.71 bits per heavy atom. The first-order valence-corrected chi connectivity index (χ1v) is 15.4. The molecular weight excluding hydrogens is 553 g/mol. The van der Waals surface area contributed by atoms with E-state index in [0.717, 1.165) is 0 Å². The number of benzene rings is 3. The number of sulfonamides is 1. The van der Waals surface area contributed by atoms with Crippen molar-refractivity contribution in [1.82, 2.24) is 14.7 Å². The minimum atomic E-state index is -3.63. The summed E-state index contributed by atoms with van der Waals surface area (Å²) in [6, 6.07) is 15.4. The maximum Gasteiger partial charge on any atom is 0.211 e. The Bertz CT molecular complexity index is 1680. The normalized spacial score (nSPS) is 12.1. The van der Waals surface area contributed by atoms with Crippen LogP contribution in [0.3, 0.4) is 0 Å². The van der Waals surface area contributed by atoms with Crippen molar-refractivity contribution in [3.63, 3.8) is 0 Å². The summed E-state index contributed by atoms with van der Waals surface area (Å²) in [5, 5.41) is 0.992. The van der Waals surface area contributed by atoms with Gasteiger partial charge in [-0.05, 0) is 62.2 Å². The van der Waals surface area contributed by atoms with Crippen LogP contribution in [-0.4, -0.2) is 44.9 Å². The average molecular weight is 578 g/mol. The lowest BCUT2D eigenvalue weighted by molar-refractivity contribution is 0.479. The van der Waals surface area contributed by atoms with E-state index in [1.807, 2.05) is 0 Å². The maximum absolute atomic E-state index is 14.8. The zero-order chi connectivity index (χ0) is 27.3. The van der Waals surface area contributed by atoms with Gasteiger partial charge in [0.15, 0.2) is 9.84 Å². The first kappa shape index (κ1) is 27.9. The number of hydrogen-bond donors (Lipinski definition) is 1. The first-order chi connectivity index (χ1) is 18.1. The molecule has 0 aliphatic heterocycles. The second-order valence-electron chi connectivity index (χ2n) is 8.40. The van der Waals surface area contributed by atoms with Crippen molar-refractivity contribution in [2.45, 2.75) is 24.7 Å². The predicted molar refractivity (Wildman–Crippen MR) is 145 cm³/mol. The highest BCUT2D eigenvalue weighted by Gasteiger charge is 2.17. The highest BCUT2D eigenvalue weighted by atomic mass is 35.5.